The molecule has 27 heavy (non-hydrogen) atoms. The third kappa shape index (κ3) is 2.95. The van der Waals surface area contributed by atoms with Crippen molar-refractivity contribution in [3.63, 3.8) is 0 Å². The molecular formula is C19H12F3N2O2S+. The van der Waals surface area contributed by atoms with Gasteiger partial charge >= 0.3 is 11.9 Å². The molecule has 2 aromatic carbocycles. The zero-order valence-electron chi connectivity index (χ0n) is 13.7. The van der Waals surface area contributed by atoms with E-state index in [4.69, 9.17) is 0 Å². The van der Waals surface area contributed by atoms with E-state index in [2.05, 4.69) is 0 Å². The van der Waals surface area contributed by atoms with E-state index in [1.54, 1.807) is 11.5 Å². The molecule has 3 amide bonds. The minimum atomic E-state index is -0.813. The fourth-order valence-electron chi connectivity index (χ4n) is 3.05. The minimum absolute atomic E-state index is 0.0391. The molecule has 4 nitrogen and oxygen atoms in total. The van der Waals surface area contributed by atoms with E-state index < -0.39 is 34.6 Å². The first-order valence-corrected chi connectivity index (χ1v) is 8.94. The van der Waals surface area contributed by atoms with Crippen LogP contribution in [0.4, 0.5) is 23.7 Å². The number of hydrogen-bond donors (Lipinski definition) is 0. The van der Waals surface area contributed by atoms with Crippen LogP contribution in [-0.2, 0) is 11.3 Å². The lowest BCUT2D eigenvalue weighted by Crippen LogP contribution is -2.55. The van der Waals surface area contributed by atoms with Crippen molar-refractivity contribution in [2.24, 2.45) is 0 Å². The van der Waals surface area contributed by atoms with Crippen molar-refractivity contribution in [2.75, 3.05) is 4.90 Å². The summed E-state index contributed by atoms with van der Waals surface area (Å²) in [6.07, 6.45) is 1.58. The molecular weight excluding hydrogens is 377 g/mol. The first-order chi connectivity index (χ1) is 13.0. The molecule has 2 aliphatic heterocycles. The van der Waals surface area contributed by atoms with E-state index >= 15 is 0 Å². The highest BCUT2D eigenvalue weighted by atomic mass is 32.2. The normalized spacial score (nSPS) is 19.1. The number of carbonyl (C=O) groups is 2. The molecule has 1 atom stereocenters. The Hall–Kier alpha value is -2.87. The lowest BCUT2D eigenvalue weighted by Gasteiger charge is -2.24. The molecule has 0 saturated carbocycles. The maximum Gasteiger partial charge on any atom is 0.506 e. The predicted octanol–water partition coefficient (Wildman–Crippen LogP) is 3.85. The van der Waals surface area contributed by atoms with Gasteiger partial charge in [-0.2, -0.15) is 9.37 Å². The Morgan fingerprint density at radius 1 is 1.04 bits per heavy atom. The van der Waals surface area contributed by atoms with Crippen LogP contribution in [-0.4, -0.2) is 27.5 Å². The number of nitrogens with zero attached hydrogens (tertiary/aromatic N) is 2. The number of allylic oxidation sites excluding steroid dienone is 1. The Kier molecular flexibility index (Phi) is 4.35. The van der Waals surface area contributed by atoms with Crippen molar-refractivity contribution >= 4 is 35.1 Å². The number of thioether (sulfide) groups is 1. The highest BCUT2D eigenvalue weighted by molar-refractivity contribution is 8.04. The molecule has 4 rings (SSSR count). The van der Waals surface area contributed by atoms with Gasteiger partial charge in [-0.3, -0.25) is 0 Å². The molecule has 0 aliphatic carbocycles. The summed E-state index contributed by atoms with van der Waals surface area (Å²) in [6.45, 7) is -0.280. The van der Waals surface area contributed by atoms with Gasteiger partial charge in [0.1, 0.15) is 23.9 Å². The number of fused-ring (bicyclic) bond motifs is 1. The summed E-state index contributed by atoms with van der Waals surface area (Å²) in [7, 11) is 0. The average molecular weight is 389 g/mol. The summed E-state index contributed by atoms with van der Waals surface area (Å²) in [6, 6.07) is 7.56. The van der Waals surface area contributed by atoms with E-state index in [1.807, 2.05) is 0 Å². The second kappa shape index (κ2) is 6.70. The lowest BCUT2D eigenvalue weighted by atomic mass is 10.1. The van der Waals surface area contributed by atoms with Crippen molar-refractivity contribution in [3.8, 4) is 0 Å². The number of para-hydroxylation sites is 1. The largest absolute Gasteiger partial charge is 0.506 e. The SMILES string of the molecule is O=C1C2SC=CC2=[N+](Cc2cc(F)ccc2F)C(=O)N1c1ccccc1F. The van der Waals surface area contributed by atoms with Crippen molar-refractivity contribution in [3.05, 3.63) is 77.0 Å². The zero-order valence-corrected chi connectivity index (χ0v) is 14.6. The third-order valence-electron chi connectivity index (χ3n) is 4.33. The van der Waals surface area contributed by atoms with E-state index in [1.165, 1.54) is 34.5 Å². The molecule has 2 aliphatic rings. The van der Waals surface area contributed by atoms with Crippen LogP contribution in [0.5, 0.6) is 0 Å². The summed E-state index contributed by atoms with van der Waals surface area (Å²) < 4.78 is 43.0. The van der Waals surface area contributed by atoms with Crippen LogP contribution in [0.2, 0.25) is 0 Å². The topological polar surface area (TPSA) is 40.4 Å². The fourth-order valence-corrected chi connectivity index (χ4v) is 3.99. The molecule has 0 radical (unpaired) electrons. The van der Waals surface area contributed by atoms with Gasteiger partial charge in [0.25, 0.3) is 0 Å². The lowest BCUT2D eigenvalue weighted by molar-refractivity contribution is -0.444. The number of halogens is 3. The van der Waals surface area contributed by atoms with Crippen LogP contribution >= 0.6 is 11.8 Å². The number of imide groups is 1. The molecule has 136 valence electrons. The first kappa shape index (κ1) is 17.5. The van der Waals surface area contributed by atoms with Gasteiger partial charge in [-0.05, 0) is 41.8 Å². The molecule has 8 heteroatoms. The quantitative estimate of drug-likeness (QED) is 0.749. The van der Waals surface area contributed by atoms with Crippen LogP contribution in [0.15, 0.2) is 53.9 Å². The molecule has 2 heterocycles. The van der Waals surface area contributed by atoms with Gasteiger partial charge in [0.05, 0.1) is 0 Å². The van der Waals surface area contributed by atoms with E-state index in [-0.39, 0.29) is 17.8 Å². The van der Waals surface area contributed by atoms with Crippen molar-refractivity contribution in [1.82, 2.24) is 0 Å². The molecule has 0 N–H and O–H groups in total. The van der Waals surface area contributed by atoms with Crippen LogP contribution in [0.3, 0.4) is 0 Å². The maximum absolute atomic E-state index is 14.2. The summed E-state index contributed by atoms with van der Waals surface area (Å²) in [5.74, 6) is -2.62. The summed E-state index contributed by atoms with van der Waals surface area (Å²) in [4.78, 5) is 26.6. The number of urea groups is 1. The Labute approximate surface area is 156 Å². The molecule has 0 saturated heterocycles. The fraction of sp³-hybridized carbons (Fsp3) is 0.105. The van der Waals surface area contributed by atoms with Crippen LogP contribution < -0.4 is 4.90 Å². The molecule has 2 aromatic rings. The molecule has 1 unspecified atom stereocenters. The monoisotopic (exact) mass is 389 g/mol. The van der Waals surface area contributed by atoms with E-state index in [0.29, 0.717) is 5.71 Å². The summed E-state index contributed by atoms with van der Waals surface area (Å²) in [5.41, 5.74) is 0.151. The third-order valence-corrected chi connectivity index (χ3v) is 5.34. The molecule has 0 bridgehead atoms. The number of rotatable bonds is 3. The second-order valence-electron chi connectivity index (χ2n) is 5.97. The Balaban J connectivity index is 1.81. The van der Waals surface area contributed by atoms with Gasteiger partial charge in [0, 0.05) is 5.56 Å². The second-order valence-corrected chi connectivity index (χ2v) is 6.99. The molecule has 0 fully saturated rings. The highest BCUT2D eigenvalue weighted by Gasteiger charge is 2.50. The Bertz CT molecular complexity index is 1040. The van der Waals surface area contributed by atoms with E-state index in [9.17, 15) is 22.8 Å². The summed E-state index contributed by atoms with van der Waals surface area (Å²) in [5, 5.41) is 0.893. The van der Waals surface area contributed by atoms with Gasteiger partial charge in [-0.25, -0.2) is 18.0 Å². The number of carbonyl (C=O) groups excluding carboxylic acids is 2. The van der Waals surface area contributed by atoms with Crippen molar-refractivity contribution in [1.29, 1.82) is 0 Å². The Morgan fingerprint density at radius 2 is 1.81 bits per heavy atom. The van der Waals surface area contributed by atoms with Gasteiger partial charge < -0.3 is 0 Å². The number of benzene rings is 2. The number of amides is 3. The standard InChI is InChI=1S/C19H12F3N2O2S/c20-12-5-6-13(21)11(9-12)10-23-16-7-8-27-17(16)18(25)24(19(23)26)15-4-2-1-3-14(15)22/h1-9,17H,10H2/q+1. The smallest absolute Gasteiger partial charge is 0.244 e. The first-order valence-electron chi connectivity index (χ1n) is 8.00. The minimum Gasteiger partial charge on any atom is -0.244 e. The van der Waals surface area contributed by atoms with Gasteiger partial charge in [0.2, 0.25) is 0 Å². The van der Waals surface area contributed by atoms with Crippen LogP contribution in [0.25, 0.3) is 0 Å². The molecule has 0 aromatic heterocycles. The van der Waals surface area contributed by atoms with Crippen molar-refractivity contribution < 1.29 is 27.3 Å². The average Bonchev–Trinajstić information content (AvgIpc) is 3.13. The van der Waals surface area contributed by atoms with Gasteiger partial charge in [0.15, 0.2) is 16.8 Å². The maximum atomic E-state index is 14.2. The van der Waals surface area contributed by atoms with Gasteiger partial charge in [-0.1, -0.05) is 12.1 Å². The number of hydrogen-bond acceptors (Lipinski definition) is 3. The zero-order chi connectivity index (χ0) is 19.1. The van der Waals surface area contributed by atoms with E-state index in [0.717, 1.165) is 29.2 Å². The van der Waals surface area contributed by atoms with Crippen molar-refractivity contribution in [2.45, 2.75) is 11.8 Å². The predicted molar refractivity (Wildman–Crippen MR) is 95.1 cm³/mol. The van der Waals surface area contributed by atoms with Gasteiger partial charge in [-0.15, -0.1) is 16.7 Å². The number of anilines is 1. The van der Waals surface area contributed by atoms with Crippen LogP contribution in [0, 0.1) is 17.5 Å². The Morgan fingerprint density at radius 3 is 2.59 bits per heavy atom. The summed E-state index contributed by atoms with van der Waals surface area (Å²) >= 11 is 1.17. The highest BCUT2D eigenvalue weighted by Crippen LogP contribution is 2.32. The molecule has 0 spiro atoms. The van der Waals surface area contributed by atoms with Crippen LogP contribution in [0.1, 0.15) is 5.56 Å².